The summed E-state index contributed by atoms with van der Waals surface area (Å²) in [4.78, 5) is 23.1. The average molecular weight is 324 g/mol. The first-order valence-electron chi connectivity index (χ1n) is 8.40. The number of hydrogen-bond donors (Lipinski definition) is 1. The summed E-state index contributed by atoms with van der Waals surface area (Å²) in [7, 11) is 3.98. The lowest BCUT2D eigenvalue weighted by Crippen LogP contribution is -2.28. The van der Waals surface area contributed by atoms with Crippen molar-refractivity contribution in [2.24, 2.45) is 0 Å². The zero-order valence-corrected chi connectivity index (χ0v) is 14.5. The van der Waals surface area contributed by atoms with Crippen LogP contribution in [0.3, 0.4) is 0 Å². The number of rotatable bonds is 6. The first kappa shape index (κ1) is 16.4. The highest BCUT2D eigenvalue weighted by molar-refractivity contribution is 5.73. The maximum absolute atomic E-state index is 11.6. The van der Waals surface area contributed by atoms with E-state index in [9.17, 15) is 4.79 Å². The SMILES string of the molecule is CC(=O)N[C@@H](Cc1cc(N(C)C)nc(C2CC2)n1)c1ccccc1. The highest BCUT2D eigenvalue weighted by Crippen LogP contribution is 2.38. The van der Waals surface area contributed by atoms with Gasteiger partial charge in [0.15, 0.2) is 0 Å². The van der Waals surface area contributed by atoms with Gasteiger partial charge in [-0.25, -0.2) is 9.97 Å². The molecule has 126 valence electrons. The van der Waals surface area contributed by atoms with Crippen LogP contribution in [0.5, 0.6) is 0 Å². The van der Waals surface area contributed by atoms with E-state index in [1.807, 2.05) is 55.4 Å². The Balaban J connectivity index is 1.89. The largest absolute Gasteiger partial charge is 0.363 e. The molecule has 1 heterocycles. The van der Waals surface area contributed by atoms with E-state index in [-0.39, 0.29) is 11.9 Å². The number of benzene rings is 1. The van der Waals surface area contributed by atoms with E-state index >= 15 is 0 Å². The molecular weight excluding hydrogens is 300 g/mol. The molecule has 0 unspecified atom stereocenters. The summed E-state index contributed by atoms with van der Waals surface area (Å²) >= 11 is 0. The minimum Gasteiger partial charge on any atom is -0.363 e. The summed E-state index contributed by atoms with van der Waals surface area (Å²) in [6.07, 6.45) is 3.00. The third-order valence-electron chi connectivity index (χ3n) is 4.18. The van der Waals surface area contributed by atoms with Crippen molar-refractivity contribution in [1.82, 2.24) is 15.3 Å². The van der Waals surface area contributed by atoms with Gasteiger partial charge in [-0.1, -0.05) is 30.3 Å². The Bertz CT molecular complexity index is 690. The van der Waals surface area contributed by atoms with Gasteiger partial charge < -0.3 is 10.2 Å². The van der Waals surface area contributed by atoms with Gasteiger partial charge in [0.1, 0.15) is 11.6 Å². The number of hydrogen-bond acceptors (Lipinski definition) is 4. The number of carbonyl (C=O) groups is 1. The smallest absolute Gasteiger partial charge is 0.217 e. The standard InChI is InChI=1S/C19H24N4O/c1-13(24)20-17(14-7-5-4-6-8-14)11-16-12-18(23(2)3)22-19(21-16)15-9-10-15/h4-8,12,15,17H,9-11H2,1-3H3,(H,20,24)/t17-/m0/s1. The van der Waals surface area contributed by atoms with Crippen LogP contribution >= 0.6 is 0 Å². The Hall–Kier alpha value is -2.43. The average Bonchev–Trinajstić information content (AvgIpc) is 3.39. The van der Waals surface area contributed by atoms with Gasteiger partial charge in [0, 0.05) is 45.1 Å². The minimum atomic E-state index is -0.0827. The predicted molar refractivity (Wildman–Crippen MR) is 95.0 cm³/mol. The van der Waals surface area contributed by atoms with E-state index in [0.29, 0.717) is 12.3 Å². The number of aromatic nitrogens is 2. The maximum Gasteiger partial charge on any atom is 0.217 e. The fraction of sp³-hybridized carbons (Fsp3) is 0.421. The van der Waals surface area contributed by atoms with Crippen LogP contribution in [-0.2, 0) is 11.2 Å². The number of anilines is 1. The molecule has 1 amide bonds. The van der Waals surface area contributed by atoms with Gasteiger partial charge in [-0.05, 0) is 18.4 Å². The van der Waals surface area contributed by atoms with Crippen molar-refractivity contribution in [1.29, 1.82) is 0 Å². The molecule has 5 nitrogen and oxygen atoms in total. The Kier molecular flexibility index (Phi) is 4.79. The normalized spacial score (nSPS) is 15.0. The van der Waals surface area contributed by atoms with Crippen molar-refractivity contribution in [2.75, 3.05) is 19.0 Å². The first-order chi connectivity index (χ1) is 11.5. The van der Waals surface area contributed by atoms with Crippen LogP contribution in [0.25, 0.3) is 0 Å². The predicted octanol–water partition coefficient (Wildman–Crippen LogP) is 2.84. The summed E-state index contributed by atoms with van der Waals surface area (Å²) in [6.45, 7) is 1.55. The van der Waals surface area contributed by atoms with Gasteiger partial charge in [0.25, 0.3) is 0 Å². The third kappa shape index (κ3) is 4.10. The van der Waals surface area contributed by atoms with Crippen LogP contribution in [0.15, 0.2) is 36.4 Å². The molecule has 1 atom stereocenters. The topological polar surface area (TPSA) is 58.1 Å². The number of nitrogens with zero attached hydrogens (tertiary/aromatic N) is 3. The van der Waals surface area contributed by atoms with Crippen molar-refractivity contribution in [3.63, 3.8) is 0 Å². The van der Waals surface area contributed by atoms with Crippen molar-refractivity contribution in [3.8, 4) is 0 Å². The van der Waals surface area contributed by atoms with Crippen LogP contribution in [0.4, 0.5) is 5.82 Å². The van der Waals surface area contributed by atoms with Gasteiger partial charge in [0.05, 0.1) is 6.04 Å². The van der Waals surface area contributed by atoms with E-state index in [1.165, 1.54) is 12.8 Å². The molecule has 1 aromatic heterocycles. The summed E-state index contributed by atoms with van der Waals surface area (Å²) in [5.74, 6) is 2.33. The highest BCUT2D eigenvalue weighted by Gasteiger charge is 2.28. The lowest BCUT2D eigenvalue weighted by Gasteiger charge is -2.20. The lowest BCUT2D eigenvalue weighted by atomic mass is 10.0. The van der Waals surface area contributed by atoms with Crippen LogP contribution in [-0.4, -0.2) is 30.0 Å². The Morgan fingerprint density at radius 1 is 1.25 bits per heavy atom. The molecule has 0 spiro atoms. The second-order valence-corrected chi connectivity index (χ2v) is 6.61. The van der Waals surface area contributed by atoms with Crippen molar-refractivity contribution >= 4 is 11.7 Å². The second-order valence-electron chi connectivity index (χ2n) is 6.61. The monoisotopic (exact) mass is 324 g/mol. The van der Waals surface area contributed by atoms with Crippen LogP contribution < -0.4 is 10.2 Å². The molecule has 1 saturated carbocycles. The van der Waals surface area contributed by atoms with Crippen molar-refractivity contribution in [2.45, 2.75) is 38.1 Å². The zero-order valence-electron chi connectivity index (χ0n) is 14.5. The van der Waals surface area contributed by atoms with E-state index in [4.69, 9.17) is 4.98 Å². The van der Waals surface area contributed by atoms with Gasteiger partial charge in [0.2, 0.25) is 5.91 Å². The van der Waals surface area contributed by atoms with Gasteiger partial charge >= 0.3 is 0 Å². The summed E-state index contributed by atoms with van der Waals surface area (Å²) < 4.78 is 0. The zero-order chi connectivity index (χ0) is 17.1. The van der Waals surface area contributed by atoms with Gasteiger partial charge in [-0.15, -0.1) is 0 Å². The molecule has 0 aliphatic heterocycles. The number of nitrogens with one attached hydrogen (secondary N) is 1. The van der Waals surface area contributed by atoms with E-state index in [0.717, 1.165) is 22.9 Å². The molecule has 1 aromatic carbocycles. The Morgan fingerprint density at radius 2 is 1.96 bits per heavy atom. The first-order valence-corrected chi connectivity index (χ1v) is 8.40. The van der Waals surface area contributed by atoms with Crippen LogP contribution in [0.1, 0.15) is 48.8 Å². The number of amides is 1. The Morgan fingerprint density at radius 3 is 2.54 bits per heavy atom. The highest BCUT2D eigenvalue weighted by atomic mass is 16.1. The molecule has 1 aliphatic carbocycles. The molecule has 5 heteroatoms. The van der Waals surface area contributed by atoms with Crippen molar-refractivity contribution < 1.29 is 4.79 Å². The van der Waals surface area contributed by atoms with E-state index in [2.05, 4.69) is 10.3 Å². The second kappa shape index (κ2) is 6.99. The summed E-state index contributed by atoms with van der Waals surface area (Å²) in [6, 6.07) is 12.0. The third-order valence-corrected chi connectivity index (χ3v) is 4.18. The van der Waals surface area contributed by atoms with Crippen LogP contribution in [0, 0.1) is 0 Å². The molecule has 2 aromatic rings. The molecule has 0 bridgehead atoms. The van der Waals surface area contributed by atoms with Crippen LogP contribution in [0.2, 0.25) is 0 Å². The van der Waals surface area contributed by atoms with E-state index in [1.54, 1.807) is 6.92 Å². The van der Waals surface area contributed by atoms with Crippen molar-refractivity contribution in [3.05, 3.63) is 53.5 Å². The fourth-order valence-electron chi connectivity index (χ4n) is 2.75. The summed E-state index contributed by atoms with van der Waals surface area (Å²) in [5.41, 5.74) is 2.06. The molecule has 1 fully saturated rings. The summed E-state index contributed by atoms with van der Waals surface area (Å²) in [5, 5.41) is 3.04. The molecule has 0 saturated heterocycles. The quantitative estimate of drug-likeness (QED) is 0.888. The fourth-order valence-corrected chi connectivity index (χ4v) is 2.75. The lowest BCUT2D eigenvalue weighted by molar-refractivity contribution is -0.119. The molecule has 1 aliphatic rings. The molecule has 3 rings (SSSR count). The van der Waals surface area contributed by atoms with E-state index < -0.39 is 0 Å². The molecular formula is C19H24N4O. The maximum atomic E-state index is 11.6. The number of carbonyl (C=O) groups excluding carboxylic acids is 1. The Labute approximate surface area is 143 Å². The van der Waals surface area contributed by atoms with Gasteiger partial charge in [-0.3, -0.25) is 4.79 Å². The molecule has 1 N–H and O–H groups in total. The molecule has 24 heavy (non-hydrogen) atoms. The van der Waals surface area contributed by atoms with Gasteiger partial charge in [-0.2, -0.15) is 0 Å². The molecule has 0 radical (unpaired) electrons. The minimum absolute atomic E-state index is 0.0341.